The number of carbonyl (C=O) groups is 1. The number of carboxylic acid groups (broad SMARTS) is 1. The van der Waals surface area contributed by atoms with Crippen LogP contribution in [0.4, 0.5) is 5.82 Å². The van der Waals surface area contributed by atoms with Gasteiger partial charge in [0.15, 0.2) is 5.82 Å². The standard InChI is InChI=1S/C13H17N3O3/c1-8-6-15(7-10(8)13(18)19)11-12(17)16(5-4-14-11)9-2-3-9/h4-5,8-10H,2-3,6-7H2,1H3,(H,18,19). The summed E-state index contributed by atoms with van der Waals surface area (Å²) in [4.78, 5) is 29.4. The van der Waals surface area contributed by atoms with Crippen molar-refractivity contribution in [2.24, 2.45) is 11.8 Å². The Hall–Kier alpha value is -1.85. The predicted octanol–water partition coefficient (Wildman–Crippen LogP) is 0.735. The van der Waals surface area contributed by atoms with Gasteiger partial charge in [0.25, 0.3) is 5.56 Å². The lowest BCUT2D eigenvalue weighted by Crippen LogP contribution is -2.32. The zero-order valence-corrected chi connectivity index (χ0v) is 10.8. The van der Waals surface area contributed by atoms with E-state index in [1.807, 2.05) is 11.8 Å². The van der Waals surface area contributed by atoms with Gasteiger partial charge < -0.3 is 14.6 Å². The Balaban J connectivity index is 1.89. The van der Waals surface area contributed by atoms with Crippen molar-refractivity contribution in [3.63, 3.8) is 0 Å². The third-order valence-electron chi connectivity index (χ3n) is 4.02. The van der Waals surface area contributed by atoms with Crippen LogP contribution in [-0.2, 0) is 4.79 Å². The van der Waals surface area contributed by atoms with Crippen molar-refractivity contribution in [2.45, 2.75) is 25.8 Å². The number of rotatable bonds is 3. The molecule has 1 saturated carbocycles. The van der Waals surface area contributed by atoms with Crippen LogP contribution in [-0.4, -0.2) is 33.7 Å². The minimum Gasteiger partial charge on any atom is -0.481 e. The first-order chi connectivity index (χ1) is 9.08. The lowest BCUT2D eigenvalue weighted by molar-refractivity contribution is -0.142. The summed E-state index contributed by atoms with van der Waals surface area (Å²) in [7, 11) is 0. The number of anilines is 1. The van der Waals surface area contributed by atoms with Crippen molar-refractivity contribution in [1.82, 2.24) is 9.55 Å². The maximum Gasteiger partial charge on any atom is 0.308 e. The fourth-order valence-electron chi connectivity index (χ4n) is 2.73. The van der Waals surface area contributed by atoms with Crippen LogP contribution >= 0.6 is 0 Å². The first kappa shape index (κ1) is 12.2. The van der Waals surface area contributed by atoms with E-state index in [1.165, 1.54) is 0 Å². The fourth-order valence-corrected chi connectivity index (χ4v) is 2.73. The summed E-state index contributed by atoms with van der Waals surface area (Å²) in [5, 5.41) is 9.14. The molecule has 0 spiro atoms. The summed E-state index contributed by atoms with van der Waals surface area (Å²) >= 11 is 0. The molecule has 0 bridgehead atoms. The molecule has 1 N–H and O–H groups in total. The Morgan fingerprint density at radius 1 is 1.42 bits per heavy atom. The molecule has 2 atom stereocenters. The van der Waals surface area contributed by atoms with Gasteiger partial charge in [-0.05, 0) is 18.8 Å². The molecule has 1 saturated heterocycles. The van der Waals surface area contributed by atoms with Gasteiger partial charge in [-0.2, -0.15) is 0 Å². The summed E-state index contributed by atoms with van der Waals surface area (Å²) in [5.41, 5.74) is -0.0942. The summed E-state index contributed by atoms with van der Waals surface area (Å²) in [6.45, 7) is 2.85. The summed E-state index contributed by atoms with van der Waals surface area (Å²) < 4.78 is 1.72. The Bertz CT molecular complexity index is 564. The van der Waals surface area contributed by atoms with Gasteiger partial charge >= 0.3 is 5.97 Å². The van der Waals surface area contributed by atoms with Crippen LogP contribution < -0.4 is 10.5 Å². The Kier molecular flexibility index (Phi) is 2.80. The molecule has 2 heterocycles. The van der Waals surface area contributed by atoms with Gasteiger partial charge in [0.1, 0.15) is 0 Å². The first-order valence-corrected chi connectivity index (χ1v) is 6.63. The minimum atomic E-state index is -0.798. The van der Waals surface area contributed by atoms with Gasteiger partial charge in [-0.1, -0.05) is 6.92 Å². The highest BCUT2D eigenvalue weighted by Crippen LogP contribution is 2.33. The summed E-state index contributed by atoms with van der Waals surface area (Å²) in [6, 6.07) is 0.310. The van der Waals surface area contributed by atoms with Gasteiger partial charge in [0.05, 0.1) is 5.92 Å². The second-order valence-corrected chi connectivity index (χ2v) is 5.52. The molecular formula is C13H17N3O3. The van der Waals surface area contributed by atoms with E-state index < -0.39 is 11.9 Å². The number of nitrogens with zero attached hydrogens (tertiary/aromatic N) is 3. The molecule has 1 aromatic rings. The normalized spacial score (nSPS) is 26.7. The van der Waals surface area contributed by atoms with Crippen LogP contribution in [0.3, 0.4) is 0 Å². The lowest BCUT2D eigenvalue weighted by atomic mass is 9.99. The molecule has 1 aromatic heterocycles. The highest BCUT2D eigenvalue weighted by atomic mass is 16.4. The molecule has 1 aliphatic carbocycles. The van der Waals surface area contributed by atoms with Gasteiger partial charge in [-0.15, -0.1) is 0 Å². The van der Waals surface area contributed by atoms with E-state index in [4.69, 9.17) is 5.11 Å². The molecule has 2 fully saturated rings. The molecule has 0 radical (unpaired) electrons. The summed E-state index contributed by atoms with van der Waals surface area (Å²) in [5.74, 6) is -0.789. The van der Waals surface area contributed by atoms with E-state index in [0.29, 0.717) is 24.9 Å². The SMILES string of the molecule is CC1CN(c2nccn(C3CC3)c2=O)CC1C(=O)O. The quantitative estimate of drug-likeness (QED) is 0.870. The molecule has 2 unspecified atom stereocenters. The van der Waals surface area contributed by atoms with Gasteiger partial charge in [0.2, 0.25) is 0 Å². The monoisotopic (exact) mass is 263 g/mol. The van der Waals surface area contributed by atoms with E-state index in [-0.39, 0.29) is 11.5 Å². The number of aromatic nitrogens is 2. The second-order valence-electron chi connectivity index (χ2n) is 5.52. The minimum absolute atomic E-state index is 0.0354. The second kappa shape index (κ2) is 4.36. The average molecular weight is 263 g/mol. The maximum atomic E-state index is 12.3. The van der Waals surface area contributed by atoms with Crippen LogP contribution in [0.15, 0.2) is 17.2 Å². The van der Waals surface area contributed by atoms with Crippen molar-refractivity contribution in [1.29, 1.82) is 0 Å². The van der Waals surface area contributed by atoms with Crippen LogP contribution in [0.1, 0.15) is 25.8 Å². The van der Waals surface area contributed by atoms with E-state index in [9.17, 15) is 9.59 Å². The number of hydrogen-bond acceptors (Lipinski definition) is 4. The maximum absolute atomic E-state index is 12.3. The van der Waals surface area contributed by atoms with Crippen molar-refractivity contribution < 1.29 is 9.90 Å². The zero-order chi connectivity index (χ0) is 13.6. The largest absolute Gasteiger partial charge is 0.481 e. The highest BCUT2D eigenvalue weighted by Gasteiger charge is 2.37. The third kappa shape index (κ3) is 2.11. The highest BCUT2D eigenvalue weighted by molar-refractivity contribution is 5.72. The van der Waals surface area contributed by atoms with Gasteiger partial charge in [0, 0.05) is 31.5 Å². The molecular weight excluding hydrogens is 246 g/mol. The van der Waals surface area contributed by atoms with E-state index >= 15 is 0 Å². The first-order valence-electron chi connectivity index (χ1n) is 6.63. The molecule has 102 valence electrons. The average Bonchev–Trinajstić information content (AvgIpc) is 3.12. The number of hydrogen-bond donors (Lipinski definition) is 1. The van der Waals surface area contributed by atoms with Crippen molar-refractivity contribution in [3.8, 4) is 0 Å². The Morgan fingerprint density at radius 3 is 2.74 bits per heavy atom. The fraction of sp³-hybridized carbons (Fsp3) is 0.615. The molecule has 0 aromatic carbocycles. The van der Waals surface area contributed by atoms with Crippen molar-refractivity contribution in [3.05, 3.63) is 22.7 Å². The van der Waals surface area contributed by atoms with Gasteiger partial charge in [-0.25, -0.2) is 4.98 Å². The van der Waals surface area contributed by atoms with Crippen LogP contribution in [0.5, 0.6) is 0 Å². The summed E-state index contributed by atoms with van der Waals surface area (Å²) in [6.07, 6.45) is 5.43. The van der Waals surface area contributed by atoms with Crippen molar-refractivity contribution >= 4 is 11.8 Å². The van der Waals surface area contributed by atoms with Crippen LogP contribution in [0.2, 0.25) is 0 Å². The number of aliphatic carboxylic acids is 1. The van der Waals surface area contributed by atoms with Crippen LogP contribution in [0, 0.1) is 11.8 Å². The molecule has 6 heteroatoms. The molecule has 0 amide bonds. The van der Waals surface area contributed by atoms with E-state index in [0.717, 1.165) is 12.8 Å². The topological polar surface area (TPSA) is 75.4 Å². The lowest BCUT2D eigenvalue weighted by Gasteiger charge is -2.17. The molecule has 3 rings (SSSR count). The van der Waals surface area contributed by atoms with Crippen molar-refractivity contribution in [2.75, 3.05) is 18.0 Å². The smallest absolute Gasteiger partial charge is 0.308 e. The van der Waals surface area contributed by atoms with E-state index in [1.54, 1.807) is 17.0 Å². The molecule has 1 aliphatic heterocycles. The Labute approximate surface area is 110 Å². The molecule has 6 nitrogen and oxygen atoms in total. The van der Waals surface area contributed by atoms with Gasteiger partial charge in [-0.3, -0.25) is 9.59 Å². The zero-order valence-electron chi connectivity index (χ0n) is 10.8. The van der Waals surface area contributed by atoms with Crippen LogP contribution in [0.25, 0.3) is 0 Å². The van der Waals surface area contributed by atoms with E-state index in [2.05, 4.69) is 4.98 Å². The molecule has 2 aliphatic rings. The Morgan fingerprint density at radius 2 is 2.16 bits per heavy atom. The predicted molar refractivity (Wildman–Crippen MR) is 69.3 cm³/mol. The number of carboxylic acids is 1. The third-order valence-corrected chi connectivity index (χ3v) is 4.02. The molecule has 19 heavy (non-hydrogen) atoms.